The maximum absolute atomic E-state index is 13.1. The molecule has 4 nitrogen and oxygen atoms in total. The first-order valence-corrected chi connectivity index (χ1v) is 5.97. The van der Waals surface area contributed by atoms with Crippen LogP contribution in [-0.4, -0.2) is 17.6 Å². The minimum atomic E-state index is -0.348. The molecule has 0 fully saturated rings. The van der Waals surface area contributed by atoms with Gasteiger partial charge in [-0.15, -0.1) is 0 Å². The number of hydrogen-bond donors (Lipinski definition) is 2. The van der Waals surface area contributed by atoms with Gasteiger partial charge in [0.15, 0.2) is 0 Å². The maximum Gasteiger partial charge on any atom is 0.141 e. The SMILES string of the molecule is NC(CCCCOc1ccc(Br)c(F)c1)=NO. The van der Waals surface area contributed by atoms with E-state index in [1.54, 1.807) is 12.1 Å². The first-order valence-electron chi connectivity index (χ1n) is 5.17. The van der Waals surface area contributed by atoms with Gasteiger partial charge >= 0.3 is 0 Å². The summed E-state index contributed by atoms with van der Waals surface area (Å²) >= 11 is 3.06. The number of nitrogens with zero attached hydrogens (tertiary/aromatic N) is 1. The Kier molecular flexibility index (Phi) is 5.76. The third-order valence-corrected chi connectivity index (χ3v) is 2.76. The molecule has 0 radical (unpaired) electrons. The van der Waals surface area contributed by atoms with Crippen LogP contribution in [0.3, 0.4) is 0 Å². The smallest absolute Gasteiger partial charge is 0.141 e. The zero-order valence-corrected chi connectivity index (χ0v) is 10.8. The van der Waals surface area contributed by atoms with Gasteiger partial charge in [-0.25, -0.2) is 4.39 Å². The Morgan fingerprint density at radius 1 is 1.47 bits per heavy atom. The maximum atomic E-state index is 13.1. The predicted octanol–water partition coefficient (Wildman–Crippen LogP) is 2.88. The molecule has 0 aromatic heterocycles. The molecule has 94 valence electrons. The van der Waals surface area contributed by atoms with Gasteiger partial charge in [0, 0.05) is 12.5 Å². The molecule has 17 heavy (non-hydrogen) atoms. The first-order chi connectivity index (χ1) is 8.13. The highest BCUT2D eigenvalue weighted by atomic mass is 79.9. The molecule has 0 saturated heterocycles. The van der Waals surface area contributed by atoms with Crippen molar-refractivity contribution in [2.75, 3.05) is 6.61 Å². The van der Waals surface area contributed by atoms with E-state index in [2.05, 4.69) is 21.1 Å². The van der Waals surface area contributed by atoms with E-state index in [1.165, 1.54) is 6.07 Å². The fourth-order valence-electron chi connectivity index (χ4n) is 1.21. The summed E-state index contributed by atoms with van der Waals surface area (Å²) in [5.41, 5.74) is 5.31. The fraction of sp³-hybridized carbons (Fsp3) is 0.364. The van der Waals surface area contributed by atoms with Gasteiger partial charge in [0.05, 0.1) is 11.1 Å². The molecule has 3 N–H and O–H groups in total. The molecule has 1 rings (SSSR count). The van der Waals surface area contributed by atoms with Gasteiger partial charge in [-0.05, 0) is 40.9 Å². The van der Waals surface area contributed by atoms with Gasteiger partial charge < -0.3 is 15.7 Å². The fourth-order valence-corrected chi connectivity index (χ4v) is 1.46. The Balaban J connectivity index is 2.24. The molecule has 0 heterocycles. The van der Waals surface area contributed by atoms with Gasteiger partial charge in [0.25, 0.3) is 0 Å². The Bertz CT molecular complexity index is 399. The molecule has 0 aliphatic heterocycles. The lowest BCUT2D eigenvalue weighted by molar-refractivity contribution is 0.303. The number of halogens is 2. The van der Waals surface area contributed by atoms with Crippen molar-refractivity contribution in [2.24, 2.45) is 10.9 Å². The third kappa shape index (κ3) is 5.04. The van der Waals surface area contributed by atoms with Crippen LogP contribution in [0.15, 0.2) is 27.8 Å². The molecule has 0 bridgehead atoms. The Morgan fingerprint density at radius 2 is 2.24 bits per heavy atom. The predicted molar refractivity (Wildman–Crippen MR) is 66.9 cm³/mol. The standard InChI is InChI=1S/C11H14BrFN2O2/c12-9-5-4-8(7-10(9)13)17-6-2-1-3-11(14)15-16/h4-5,7,16H,1-3,6H2,(H2,14,15). The van der Waals surface area contributed by atoms with E-state index in [1.807, 2.05) is 0 Å². The summed E-state index contributed by atoms with van der Waals surface area (Å²) in [4.78, 5) is 0. The summed E-state index contributed by atoms with van der Waals surface area (Å²) in [6.45, 7) is 0.472. The van der Waals surface area contributed by atoms with Crippen molar-refractivity contribution in [1.82, 2.24) is 0 Å². The molecule has 0 aliphatic carbocycles. The van der Waals surface area contributed by atoms with Crippen molar-refractivity contribution in [3.05, 3.63) is 28.5 Å². The van der Waals surface area contributed by atoms with Gasteiger partial charge in [-0.3, -0.25) is 0 Å². The van der Waals surface area contributed by atoms with Crippen LogP contribution in [0.5, 0.6) is 5.75 Å². The Morgan fingerprint density at radius 3 is 2.88 bits per heavy atom. The zero-order valence-electron chi connectivity index (χ0n) is 9.20. The Hall–Kier alpha value is -1.30. The summed E-state index contributed by atoms with van der Waals surface area (Å²) in [7, 11) is 0. The van der Waals surface area contributed by atoms with Crippen LogP contribution in [-0.2, 0) is 0 Å². The minimum Gasteiger partial charge on any atom is -0.493 e. The monoisotopic (exact) mass is 304 g/mol. The lowest BCUT2D eigenvalue weighted by Crippen LogP contribution is -2.11. The topological polar surface area (TPSA) is 67.8 Å². The van der Waals surface area contributed by atoms with Crippen molar-refractivity contribution in [2.45, 2.75) is 19.3 Å². The Labute approximate surface area is 107 Å². The first kappa shape index (κ1) is 13.8. The molecular weight excluding hydrogens is 291 g/mol. The van der Waals surface area contributed by atoms with Crippen LogP contribution in [0.25, 0.3) is 0 Å². The van der Waals surface area contributed by atoms with E-state index in [9.17, 15) is 4.39 Å². The molecule has 1 aromatic carbocycles. The van der Waals surface area contributed by atoms with Gasteiger partial charge in [-0.2, -0.15) is 0 Å². The number of ether oxygens (including phenoxy) is 1. The zero-order chi connectivity index (χ0) is 12.7. The summed E-state index contributed by atoms with van der Waals surface area (Å²) in [6, 6.07) is 4.62. The second-order valence-electron chi connectivity index (χ2n) is 3.47. The van der Waals surface area contributed by atoms with E-state index in [4.69, 9.17) is 15.7 Å². The molecular formula is C11H14BrFN2O2. The molecule has 0 aliphatic rings. The van der Waals surface area contributed by atoms with Crippen molar-refractivity contribution in [3.63, 3.8) is 0 Å². The van der Waals surface area contributed by atoms with Crippen LogP contribution in [0.2, 0.25) is 0 Å². The van der Waals surface area contributed by atoms with Gasteiger partial charge in [0.1, 0.15) is 17.4 Å². The number of nitrogens with two attached hydrogens (primary N) is 1. The quantitative estimate of drug-likeness (QED) is 0.279. The van der Waals surface area contributed by atoms with E-state index in [0.717, 1.165) is 12.8 Å². The molecule has 0 spiro atoms. The lowest BCUT2D eigenvalue weighted by atomic mass is 10.2. The molecule has 0 unspecified atom stereocenters. The van der Waals surface area contributed by atoms with Crippen LogP contribution in [0, 0.1) is 5.82 Å². The molecule has 6 heteroatoms. The lowest BCUT2D eigenvalue weighted by Gasteiger charge is -2.06. The van der Waals surface area contributed by atoms with E-state index < -0.39 is 0 Å². The van der Waals surface area contributed by atoms with Gasteiger partial charge in [0.2, 0.25) is 0 Å². The van der Waals surface area contributed by atoms with Crippen molar-refractivity contribution < 1.29 is 14.3 Å². The molecule has 1 aromatic rings. The van der Waals surface area contributed by atoms with Crippen molar-refractivity contribution in [3.8, 4) is 5.75 Å². The number of hydrogen-bond acceptors (Lipinski definition) is 3. The number of rotatable bonds is 6. The highest BCUT2D eigenvalue weighted by molar-refractivity contribution is 9.10. The van der Waals surface area contributed by atoms with E-state index >= 15 is 0 Å². The summed E-state index contributed by atoms with van der Waals surface area (Å²) in [6.07, 6.45) is 2.04. The number of unbranched alkanes of at least 4 members (excludes halogenated alkanes) is 1. The van der Waals surface area contributed by atoms with Crippen LogP contribution in [0.1, 0.15) is 19.3 Å². The van der Waals surface area contributed by atoms with Crippen LogP contribution < -0.4 is 10.5 Å². The molecule has 0 amide bonds. The van der Waals surface area contributed by atoms with E-state index in [0.29, 0.717) is 23.2 Å². The summed E-state index contributed by atoms with van der Waals surface area (Å²) in [5.74, 6) is 0.355. The minimum absolute atomic E-state index is 0.208. The largest absolute Gasteiger partial charge is 0.493 e. The van der Waals surface area contributed by atoms with Crippen LogP contribution >= 0.6 is 15.9 Å². The molecule has 0 saturated carbocycles. The average Bonchev–Trinajstić information content (AvgIpc) is 2.33. The van der Waals surface area contributed by atoms with Crippen molar-refractivity contribution in [1.29, 1.82) is 0 Å². The average molecular weight is 305 g/mol. The molecule has 0 atom stereocenters. The van der Waals surface area contributed by atoms with Crippen molar-refractivity contribution >= 4 is 21.8 Å². The highest BCUT2D eigenvalue weighted by Crippen LogP contribution is 2.21. The van der Waals surface area contributed by atoms with Gasteiger partial charge in [-0.1, -0.05) is 5.16 Å². The highest BCUT2D eigenvalue weighted by Gasteiger charge is 2.01. The number of amidine groups is 1. The number of oxime groups is 1. The third-order valence-electron chi connectivity index (χ3n) is 2.12. The second-order valence-corrected chi connectivity index (χ2v) is 4.33. The summed E-state index contributed by atoms with van der Waals surface area (Å²) < 4.78 is 18.9. The summed E-state index contributed by atoms with van der Waals surface area (Å²) in [5, 5.41) is 11.2. The van der Waals surface area contributed by atoms with Crippen LogP contribution in [0.4, 0.5) is 4.39 Å². The normalized spacial score (nSPS) is 11.5. The number of benzene rings is 1. The van der Waals surface area contributed by atoms with E-state index in [-0.39, 0.29) is 11.7 Å². The second kappa shape index (κ2) is 7.11.